The SMILES string of the molecule is CCC(=O)N(c1nnc(S[C@@H](C)C(=O)Nc2ccc(C#N)cc2)s1)C1CC1. The fourth-order valence-corrected chi connectivity index (χ4v) is 4.47. The highest BCUT2D eigenvalue weighted by molar-refractivity contribution is 8.02. The first kappa shape index (κ1) is 19.3. The Kier molecular flexibility index (Phi) is 6.08. The van der Waals surface area contributed by atoms with Crippen LogP contribution in [0, 0.1) is 11.3 Å². The number of aromatic nitrogens is 2. The number of benzene rings is 1. The summed E-state index contributed by atoms with van der Waals surface area (Å²) in [6, 6.07) is 8.98. The summed E-state index contributed by atoms with van der Waals surface area (Å²) in [5.74, 6) is -0.109. The molecule has 1 atom stereocenters. The molecular formula is C18H19N5O2S2. The summed E-state index contributed by atoms with van der Waals surface area (Å²) in [7, 11) is 0. The van der Waals surface area contributed by atoms with Gasteiger partial charge in [0.05, 0.1) is 16.9 Å². The van der Waals surface area contributed by atoms with Gasteiger partial charge in [-0.2, -0.15) is 5.26 Å². The molecule has 0 unspecified atom stereocenters. The van der Waals surface area contributed by atoms with Crippen LogP contribution >= 0.6 is 23.1 Å². The van der Waals surface area contributed by atoms with Gasteiger partial charge in [0.25, 0.3) is 0 Å². The second-order valence-electron chi connectivity index (χ2n) is 6.14. The smallest absolute Gasteiger partial charge is 0.237 e. The summed E-state index contributed by atoms with van der Waals surface area (Å²) in [6.07, 6.45) is 2.43. The Hall–Kier alpha value is -2.44. The molecule has 9 heteroatoms. The van der Waals surface area contributed by atoms with E-state index >= 15 is 0 Å². The number of carbonyl (C=O) groups excluding carboxylic acids is 2. The third-order valence-corrected chi connectivity index (χ3v) is 6.12. The van der Waals surface area contributed by atoms with Crippen LogP contribution in [-0.2, 0) is 9.59 Å². The van der Waals surface area contributed by atoms with E-state index in [1.54, 1.807) is 36.1 Å². The number of nitrogens with zero attached hydrogens (tertiary/aromatic N) is 4. The maximum absolute atomic E-state index is 12.4. The van der Waals surface area contributed by atoms with E-state index in [0.717, 1.165) is 12.8 Å². The molecule has 2 amide bonds. The number of rotatable bonds is 7. The lowest BCUT2D eigenvalue weighted by Gasteiger charge is -2.17. The number of carbonyl (C=O) groups is 2. The average molecular weight is 402 g/mol. The van der Waals surface area contributed by atoms with Crippen molar-refractivity contribution < 1.29 is 9.59 Å². The van der Waals surface area contributed by atoms with Crippen LogP contribution in [0.5, 0.6) is 0 Å². The molecule has 0 spiro atoms. The molecule has 140 valence electrons. The van der Waals surface area contributed by atoms with E-state index in [0.29, 0.717) is 27.1 Å². The van der Waals surface area contributed by atoms with Crippen LogP contribution in [0.1, 0.15) is 38.7 Å². The summed E-state index contributed by atoms with van der Waals surface area (Å²) in [5.41, 5.74) is 1.18. The first-order valence-corrected chi connectivity index (χ1v) is 10.3. The molecule has 2 aromatic rings. The van der Waals surface area contributed by atoms with Crippen molar-refractivity contribution in [1.29, 1.82) is 5.26 Å². The monoisotopic (exact) mass is 401 g/mol. The Morgan fingerprint density at radius 1 is 1.37 bits per heavy atom. The predicted octanol–water partition coefficient (Wildman–Crippen LogP) is 3.43. The molecule has 0 radical (unpaired) electrons. The van der Waals surface area contributed by atoms with E-state index in [9.17, 15) is 9.59 Å². The zero-order valence-electron chi connectivity index (χ0n) is 15.0. The molecule has 1 N–H and O–H groups in total. The minimum atomic E-state index is -0.377. The first-order valence-electron chi connectivity index (χ1n) is 8.65. The van der Waals surface area contributed by atoms with Crippen LogP contribution in [-0.4, -0.2) is 33.3 Å². The average Bonchev–Trinajstić information content (AvgIpc) is 3.41. The number of hydrogen-bond donors (Lipinski definition) is 1. The number of amides is 2. The first-order chi connectivity index (χ1) is 13.0. The van der Waals surface area contributed by atoms with Crippen LogP contribution in [0.2, 0.25) is 0 Å². The van der Waals surface area contributed by atoms with E-state index in [4.69, 9.17) is 5.26 Å². The van der Waals surface area contributed by atoms with Crippen molar-refractivity contribution in [2.24, 2.45) is 0 Å². The Labute approximate surface area is 165 Å². The molecule has 27 heavy (non-hydrogen) atoms. The highest BCUT2D eigenvalue weighted by Gasteiger charge is 2.35. The van der Waals surface area contributed by atoms with Crippen molar-refractivity contribution in [3.63, 3.8) is 0 Å². The number of thioether (sulfide) groups is 1. The van der Waals surface area contributed by atoms with Crippen LogP contribution in [0.4, 0.5) is 10.8 Å². The number of nitrogens with one attached hydrogen (secondary N) is 1. The second kappa shape index (κ2) is 8.50. The third-order valence-electron chi connectivity index (χ3n) is 4.01. The number of anilines is 2. The molecule has 1 aliphatic rings. The molecule has 0 bridgehead atoms. The zero-order chi connectivity index (χ0) is 19.4. The summed E-state index contributed by atoms with van der Waals surface area (Å²) in [5, 5.41) is 20.2. The molecule has 1 saturated carbocycles. The van der Waals surface area contributed by atoms with Gasteiger partial charge in [0.15, 0.2) is 4.34 Å². The van der Waals surface area contributed by atoms with E-state index in [2.05, 4.69) is 15.5 Å². The van der Waals surface area contributed by atoms with Crippen LogP contribution in [0.15, 0.2) is 28.6 Å². The van der Waals surface area contributed by atoms with Gasteiger partial charge in [-0.3, -0.25) is 14.5 Å². The summed E-state index contributed by atoms with van der Waals surface area (Å²) in [4.78, 5) is 26.3. The van der Waals surface area contributed by atoms with Crippen molar-refractivity contribution in [3.8, 4) is 6.07 Å². The van der Waals surface area contributed by atoms with Gasteiger partial charge >= 0.3 is 0 Å². The lowest BCUT2D eigenvalue weighted by Crippen LogP contribution is -2.32. The highest BCUT2D eigenvalue weighted by atomic mass is 32.2. The fraction of sp³-hybridized carbons (Fsp3) is 0.389. The predicted molar refractivity (Wildman–Crippen MR) is 106 cm³/mol. The molecule has 7 nitrogen and oxygen atoms in total. The quantitative estimate of drug-likeness (QED) is 0.564. The molecule has 1 heterocycles. The second-order valence-corrected chi connectivity index (χ2v) is 8.68. The van der Waals surface area contributed by atoms with Gasteiger partial charge in [0.1, 0.15) is 0 Å². The Morgan fingerprint density at radius 2 is 2.07 bits per heavy atom. The fourth-order valence-electron chi connectivity index (χ4n) is 2.39. The standard InChI is InChI=1S/C18H19N5O2S2/c1-3-15(24)23(14-8-9-14)17-21-22-18(27-17)26-11(2)16(25)20-13-6-4-12(10-19)5-7-13/h4-7,11,14H,3,8-9H2,1-2H3,(H,20,25)/t11-/m0/s1. The summed E-state index contributed by atoms with van der Waals surface area (Å²) >= 11 is 2.65. The van der Waals surface area contributed by atoms with E-state index < -0.39 is 0 Å². The lowest BCUT2D eigenvalue weighted by molar-refractivity contribution is -0.118. The zero-order valence-corrected chi connectivity index (χ0v) is 16.6. The normalized spacial score (nSPS) is 14.3. The van der Waals surface area contributed by atoms with Crippen LogP contribution in [0.25, 0.3) is 0 Å². The van der Waals surface area contributed by atoms with Crippen molar-refractivity contribution in [2.45, 2.75) is 48.7 Å². The van der Waals surface area contributed by atoms with Gasteiger partial charge in [0, 0.05) is 18.2 Å². The molecule has 0 aliphatic heterocycles. The largest absolute Gasteiger partial charge is 0.325 e. The van der Waals surface area contributed by atoms with E-state index in [1.165, 1.54) is 23.1 Å². The van der Waals surface area contributed by atoms with Crippen LogP contribution < -0.4 is 10.2 Å². The van der Waals surface area contributed by atoms with E-state index in [-0.39, 0.29) is 23.1 Å². The Morgan fingerprint density at radius 3 is 2.67 bits per heavy atom. The molecule has 1 aromatic carbocycles. The van der Waals surface area contributed by atoms with Gasteiger partial charge < -0.3 is 5.32 Å². The molecule has 1 fully saturated rings. The van der Waals surface area contributed by atoms with Crippen molar-refractivity contribution >= 4 is 45.7 Å². The maximum atomic E-state index is 12.4. The molecule has 0 saturated heterocycles. The molecule has 3 rings (SSSR count). The van der Waals surface area contributed by atoms with Gasteiger partial charge in [-0.05, 0) is 44.0 Å². The number of nitriles is 1. The summed E-state index contributed by atoms with van der Waals surface area (Å²) < 4.78 is 0.655. The minimum absolute atomic E-state index is 0.0526. The summed E-state index contributed by atoms with van der Waals surface area (Å²) in [6.45, 7) is 3.63. The van der Waals surface area contributed by atoms with Crippen LogP contribution in [0.3, 0.4) is 0 Å². The van der Waals surface area contributed by atoms with Gasteiger partial charge in [-0.15, -0.1) is 10.2 Å². The topological polar surface area (TPSA) is 99.0 Å². The molecular weight excluding hydrogens is 382 g/mol. The van der Waals surface area contributed by atoms with E-state index in [1.807, 2.05) is 13.0 Å². The Bertz CT molecular complexity index is 871. The van der Waals surface area contributed by atoms with Gasteiger partial charge in [-0.1, -0.05) is 30.0 Å². The van der Waals surface area contributed by atoms with Gasteiger partial charge in [0.2, 0.25) is 16.9 Å². The maximum Gasteiger partial charge on any atom is 0.237 e. The Balaban J connectivity index is 1.61. The minimum Gasteiger partial charge on any atom is -0.325 e. The lowest BCUT2D eigenvalue weighted by atomic mass is 10.2. The third kappa shape index (κ3) is 4.84. The van der Waals surface area contributed by atoms with Crippen molar-refractivity contribution in [3.05, 3.63) is 29.8 Å². The molecule has 1 aliphatic carbocycles. The van der Waals surface area contributed by atoms with Crippen molar-refractivity contribution in [1.82, 2.24) is 10.2 Å². The van der Waals surface area contributed by atoms with Gasteiger partial charge in [-0.25, -0.2) is 0 Å². The molecule has 1 aromatic heterocycles. The highest BCUT2D eigenvalue weighted by Crippen LogP contribution is 2.37. The van der Waals surface area contributed by atoms with Crippen molar-refractivity contribution in [2.75, 3.05) is 10.2 Å². The number of hydrogen-bond acceptors (Lipinski definition) is 7.